The van der Waals surface area contributed by atoms with Crippen molar-refractivity contribution in [3.63, 3.8) is 0 Å². The van der Waals surface area contributed by atoms with Gasteiger partial charge in [-0.25, -0.2) is 0 Å². The minimum Gasteiger partial charge on any atom is -0.416 e. The van der Waals surface area contributed by atoms with Gasteiger partial charge in [0.05, 0.1) is 17.1 Å². The Morgan fingerprint density at radius 1 is 1.10 bits per heavy atom. The van der Waals surface area contributed by atoms with E-state index >= 15 is 0 Å². The second kappa shape index (κ2) is 8.69. The Hall–Kier alpha value is -1.67. The normalized spacial score (nSPS) is 15.6. The molecule has 0 N–H and O–H groups in total. The van der Waals surface area contributed by atoms with Crippen LogP contribution in [0.5, 0.6) is 0 Å². The van der Waals surface area contributed by atoms with Crippen LogP contribution in [0, 0.1) is 0 Å². The predicted molar refractivity (Wildman–Crippen MR) is 120 cm³/mol. The van der Waals surface area contributed by atoms with E-state index < -0.39 is 20.1 Å². The van der Waals surface area contributed by atoms with E-state index in [1.807, 2.05) is 0 Å². The number of halogens is 3. The number of rotatable bonds is 8. The fourth-order valence-corrected chi connectivity index (χ4v) is 10.5. The second-order valence-electron chi connectivity index (χ2n) is 9.60. The first-order chi connectivity index (χ1) is 14.4. The second-order valence-corrected chi connectivity index (χ2v) is 15.1. The van der Waals surface area contributed by atoms with Crippen molar-refractivity contribution in [1.82, 2.24) is 9.78 Å². The fourth-order valence-electron chi connectivity index (χ4n) is 5.06. The zero-order chi connectivity index (χ0) is 23.1. The maximum absolute atomic E-state index is 13.2. The Bertz CT molecular complexity index is 973. The van der Waals surface area contributed by atoms with Crippen molar-refractivity contribution < 1.29 is 17.6 Å². The van der Waals surface area contributed by atoms with Crippen molar-refractivity contribution in [2.45, 2.75) is 89.6 Å². The molecule has 1 aromatic heterocycles. The van der Waals surface area contributed by atoms with Crippen LogP contribution < -0.4 is 5.43 Å². The van der Waals surface area contributed by atoms with Gasteiger partial charge in [0.1, 0.15) is 5.69 Å². The molecule has 1 fully saturated rings. The fraction of sp³-hybridized carbons (Fsp3) is 0.652. The lowest BCUT2D eigenvalue weighted by atomic mass is 10.1. The first-order valence-electron chi connectivity index (χ1n) is 11.2. The Labute approximate surface area is 182 Å². The van der Waals surface area contributed by atoms with Crippen LogP contribution in [0.4, 0.5) is 13.2 Å². The molecule has 3 rings (SSSR count). The third-order valence-corrected chi connectivity index (χ3v) is 12.7. The monoisotopic (exact) mass is 454 g/mol. The third kappa shape index (κ3) is 4.60. The van der Waals surface area contributed by atoms with Crippen LogP contribution in [-0.4, -0.2) is 24.7 Å². The molecule has 31 heavy (non-hydrogen) atoms. The predicted octanol–water partition coefficient (Wildman–Crippen LogP) is 6.48. The molecule has 1 aliphatic carbocycles. The molecule has 1 heterocycles. The average Bonchev–Trinajstić information content (AvgIpc) is 3.50. The van der Waals surface area contributed by atoms with E-state index in [0.29, 0.717) is 40.7 Å². The molecule has 1 aliphatic rings. The lowest BCUT2D eigenvalue weighted by Gasteiger charge is -2.42. The molecule has 0 atom stereocenters. The van der Waals surface area contributed by atoms with Gasteiger partial charge in [-0.3, -0.25) is 9.48 Å². The summed E-state index contributed by atoms with van der Waals surface area (Å²) >= 11 is 0. The largest absolute Gasteiger partial charge is 0.416 e. The molecule has 1 aromatic carbocycles. The van der Waals surface area contributed by atoms with E-state index in [1.165, 1.54) is 6.07 Å². The molecule has 172 valence electrons. The Morgan fingerprint density at radius 3 is 2.16 bits per heavy atom. The molecule has 0 bridgehead atoms. The highest BCUT2D eigenvalue weighted by Crippen LogP contribution is 2.42. The van der Waals surface area contributed by atoms with Gasteiger partial charge in [-0.05, 0) is 47.7 Å². The molecule has 4 nitrogen and oxygen atoms in total. The van der Waals surface area contributed by atoms with Crippen LogP contribution in [-0.2, 0) is 17.0 Å². The van der Waals surface area contributed by atoms with Gasteiger partial charge in [-0.1, -0.05) is 41.5 Å². The SMILES string of the molecule is CC(C)[Si](OCCc1nn(C2CC2)c2cc(C(F)(F)F)ccc2c1=O)(C(C)C)C(C)C. The summed E-state index contributed by atoms with van der Waals surface area (Å²) in [7, 11) is -2.07. The Balaban J connectivity index is 1.95. The van der Waals surface area contributed by atoms with Gasteiger partial charge in [-0.15, -0.1) is 0 Å². The maximum Gasteiger partial charge on any atom is 0.416 e. The number of alkyl halides is 3. The van der Waals surface area contributed by atoms with Gasteiger partial charge >= 0.3 is 6.18 Å². The topological polar surface area (TPSA) is 44.1 Å². The molecular formula is C23H33F3N2O2Si. The van der Waals surface area contributed by atoms with Crippen LogP contribution in [0.15, 0.2) is 23.0 Å². The van der Waals surface area contributed by atoms with Crippen molar-refractivity contribution in [1.29, 1.82) is 0 Å². The van der Waals surface area contributed by atoms with Crippen LogP contribution in [0.25, 0.3) is 10.9 Å². The standard InChI is InChI=1S/C23H33F3N2O2Si/c1-14(2)31(15(3)4,16(5)6)30-12-11-20-22(29)19-10-7-17(23(24,25)26)13-21(19)28(27-20)18-8-9-18/h7,10,13-16,18H,8-9,11-12H2,1-6H3. The van der Waals surface area contributed by atoms with Gasteiger partial charge in [0.15, 0.2) is 8.32 Å². The average molecular weight is 455 g/mol. The molecule has 0 unspecified atom stereocenters. The minimum atomic E-state index is -4.45. The van der Waals surface area contributed by atoms with E-state index in [0.717, 1.165) is 25.0 Å². The van der Waals surface area contributed by atoms with Crippen LogP contribution >= 0.6 is 0 Å². The van der Waals surface area contributed by atoms with Gasteiger partial charge < -0.3 is 4.43 Å². The van der Waals surface area contributed by atoms with E-state index in [2.05, 4.69) is 46.6 Å². The van der Waals surface area contributed by atoms with Crippen molar-refractivity contribution >= 4 is 19.2 Å². The van der Waals surface area contributed by atoms with Crippen molar-refractivity contribution in [3.8, 4) is 0 Å². The quantitative estimate of drug-likeness (QED) is 0.429. The highest BCUT2D eigenvalue weighted by Gasteiger charge is 2.45. The summed E-state index contributed by atoms with van der Waals surface area (Å²) in [5.41, 5.74) is 0.881. The smallest absolute Gasteiger partial charge is 0.416 e. The highest BCUT2D eigenvalue weighted by atomic mass is 28.4. The van der Waals surface area contributed by atoms with Crippen LogP contribution in [0.1, 0.15) is 71.7 Å². The zero-order valence-corrected chi connectivity index (χ0v) is 20.2. The summed E-state index contributed by atoms with van der Waals surface area (Å²) in [5, 5.41) is 4.81. The van der Waals surface area contributed by atoms with Crippen LogP contribution in [0.3, 0.4) is 0 Å². The summed E-state index contributed by atoms with van der Waals surface area (Å²) < 4.78 is 47.8. The number of nitrogens with zero attached hydrogens (tertiary/aromatic N) is 2. The van der Waals surface area contributed by atoms with Gasteiger partial charge in [0, 0.05) is 18.4 Å². The molecule has 2 aromatic rings. The molecule has 0 saturated heterocycles. The van der Waals surface area contributed by atoms with E-state index in [-0.39, 0.29) is 17.0 Å². The van der Waals surface area contributed by atoms with Crippen LogP contribution in [0.2, 0.25) is 16.6 Å². The van der Waals surface area contributed by atoms with E-state index in [9.17, 15) is 18.0 Å². The number of aromatic nitrogens is 2. The first-order valence-corrected chi connectivity index (χ1v) is 13.3. The summed E-state index contributed by atoms with van der Waals surface area (Å²) in [4.78, 5) is 13.0. The first kappa shape index (κ1) is 24.0. The Morgan fingerprint density at radius 2 is 1.68 bits per heavy atom. The highest BCUT2D eigenvalue weighted by molar-refractivity contribution is 6.77. The lowest BCUT2D eigenvalue weighted by molar-refractivity contribution is -0.137. The number of hydrogen-bond acceptors (Lipinski definition) is 3. The Kier molecular flexibility index (Phi) is 6.72. The van der Waals surface area contributed by atoms with Crippen molar-refractivity contribution in [2.24, 2.45) is 0 Å². The number of benzene rings is 1. The molecule has 0 amide bonds. The minimum absolute atomic E-state index is 0.0571. The molecule has 0 aliphatic heterocycles. The van der Waals surface area contributed by atoms with Gasteiger partial charge in [0.25, 0.3) is 0 Å². The lowest BCUT2D eigenvalue weighted by Crippen LogP contribution is -2.48. The zero-order valence-electron chi connectivity index (χ0n) is 19.2. The van der Waals surface area contributed by atoms with Gasteiger partial charge in [-0.2, -0.15) is 18.3 Å². The molecule has 0 radical (unpaired) electrons. The molecule has 1 saturated carbocycles. The number of hydrogen-bond donors (Lipinski definition) is 0. The van der Waals surface area contributed by atoms with E-state index in [1.54, 1.807) is 4.68 Å². The summed E-state index contributed by atoms with van der Waals surface area (Å²) in [5.74, 6) is 0. The molecular weight excluding hydrogens is 421 g/mol. The number of fused-ring (bicyclic) bond motifs is 1. The summed E-state index contributed by atoms with van der Waals surface area (Å²) in [6.45, 7) is 13.6. The van der Waals surface area contributed by atoms with Crippen molar-refractivity contribution in [2.75, 3.05) is 6.61 Å². The maximum atomic E-state index is 13.2. The van der Waals surface area contributed by atoms with E-state index in [4.69, 9.17) is 4.43 Å². The summed E-state index contributed by atoms with van der Waals surface area (Å²) in [6, 6.07) is 3.38. The molecule has 0 spiro atoms. The third-order valence-electron chi connectivity index (χ3n) is 6.60. The van der Waals surface area contributed by atoms with Crippen molar-refractivity contribution in [3.05, 3.63) is 39.7 Å². The van der Waals surface area contributed by atoms with Gasteiger partial charge in [0.2, 0.25) is 5.43 Å². The summed E-state index contributed by atoms with van der Waals surface area (Å²) in [6.07, 6.45) is -2.37. The molecule has 8 heteroatoms.